The predicted octanol–water partition coefficient (Wildman–Crippen LogP) is 4.54. The highest BCUT2D eigenvalue weighted by molar-refractivity contribution is 6.35. The second-order valence-electron chi connectivity index (χ2n) is 4.30. The van der Waals surface area contributed by atoms with Gasteiger partial charge >= 0.3 is 0 Å². The van der Waals surface area contributed by atoms with E-state index in [0.717, 1.165) is 0 Å². The zero-order valence-electron chi connectivity index (χ0n) is 11.1. The molecule has 1 atom stereocenters. The summed E-state index contributed by atoms with van der Waals surface area (Å²) >= 11 is 11.7. The number of carbonyl (C=O) groups is 1. The van der Waals surface area contributed by atoms with Crippen LogP contribution in [0.1, 0.15) is 6.92 Å². The van der Waals surface area contributed by atoms with Crippen LogP contribution in [-0.4, -0.2) is 12.0 Å². The third kappa shape index (κ3) is 4.09. The molecule has 2 aromatic carbocycles. The third-order valence-corrected chi connectivity index (χ3v) is 3.23. The molecule has 0 saturated heterocycles. The van der Waals surface area contributed by atoms with Gasteiger partial charge in [-0.1, -0.05) is 35.3 Å². The summed E-state index contributed by atoms with van der Waals surface area (Å²) in [6.07, 6.45) is -0.844. The van der Waals surface area contributed by atoms with Gasteiger partial charge in [0.2, 0.25) is 0 Å². The number of para-hydroxylation sites is 1. The Labute approximate surface area is 131 Å². The Balaban J connectivity index is 2.04. The van der Waals surface area contributed by atoms with Gasteiger partial charge in [0, 0.05) is 5.02 Å². The molecule has 0 unspecified atom stereocenters. The lowest BCUT2D eigenvalue weighted by Crippen LogP contribution is -2.30. The van der Waals surface area contributed by atoms with Gasteiger partial charge in [0.25, 0.3) is 5.91 Å². The van der Waals surface area contributed by atoms with Crippen LogP contribution in [-0.2, 0) is 4.79 Å². The zero-order chi connectivity index (χ0) is 15.4. The van der Waals surface area contributed by atoms with Crippen LogP contribution in [0.5, 0.6) is 5.75 Å². The quantitative estimate of drug-likeness (QED) is 0.895. The number of carbonyl (C=O) groups excluding carboxylic acids is 1. The van der Waals surface area contributed by atoms with Crippen LogP contribution >= 0.6 is 23.2 Å². The number of benzene rings is 2. The molecule has 21 heavy (non-hydrogen) atoms. The molecule has 110 valence electrons. The molecule has 0 fully saturated rings. The first-order valence-corrected chi connectivity index (χ1v) is 6.90. The number of halogens is 3. The SMILES string of the molecule is C[C@H](Oc1ccc(Cl)cc1Cl)C(=O)Nc1ccccc1F. The Morgan fingerprint density at radius 2 is 1.95 bits per heavy atom. The molecule has 0 aliphatic rings. The molecule has 1 N–H and O–H groups in total. The normalized spacial score (nSPS) is 11.8. The molecular formula is C15H12Cl2FNO2. The lowest BCUT2D eigenvalue weighted by atomic mass is 10.3. The standard InChI is InChI=1S/C15H12Cl2FNO2/c1-9(21-14-7-6-10(16)8-11(14)17)15(20)19-13-5-3-2-4-12(13)18/h2-9H,1H3,(H,19,20)/t9-/m0/s1. The minimum atomic E-state index is -0.844. The molecule has 0 bridgehead atoms. The zero-order valence-corrected chi connectivity index (χ0v) is 12.6. The molecule has 0 aliphatic carbocycles. The van der Waals surface area contributed by atoms with Gasteiger partial charge in [-0.2, -0.15) is 0 Å². The third-order valence-electron chi connectivity index (χ3n) is 2.70. The van der Waals surface area contributed by atoms with Crippen molar-refractivity contribution in [3.8, 4) is 5.75 Å². The van der Waals surface area contributed by atoms with E-state index in [-0.39, 0.29) is 5.69 Å². The van der Waals surface area contributed by atoms with Gasteiger partial charge in [0.1, 0.15) is 11.6 Å². The summed E-state index contributed by atoms with van der Waals surface area (Å²) in [4.78, 5) is 12.0. The van der Waals surface area contributed by atoms with Crippen molar-refractivity contribution in [2.24, 2.45) is 0 Å². The Morgan fingerprint density at radius 1 is 1.24 bits per heavy atom. The van der Waals surface area contributed by atoms with E-state index in [1.165, 1.54) is 18.2 Å². The largest absolute Gasteiger partial charge is 0.479 e. The topological polar surface area (TPSA) is 38.3 Å². The number of rotatable bonds is 4. The molecule has 1 amide bonds. The molecular weight excluding hydrogens is 316 g/mol. The van der Waals surface area contributed by atoms with Crippen molar-refractivity contribution in [2.75, 3.05) is 5.32 Å². The predicted molar refractivity (Wildman–Crippen MR) is 81.6 cm³/mol. The molecule has 2 aromatic rings. The van der Waals surface area contributed by atoms with Gasteiger partial charge in [0.15, 0.2) is 6.10 Å². The van der Waals surface area contributed by atoms with Gasteiger partial charge < -0.3 is 10.1 Å². The lowest BCUT2D eigenvalue weighted by Gasteiger charge is -2.16. The van der Waals surface area contributed by atoms with E-state index in [2.05, 4.69) is 5.32 Å². The molecule has 0 heterocycles. The fourth-order valence-corrected chi connectivity index (χ4v) is 2.06. The molecule has 6 heteroatoms. The van der Waals surface area contributed by atoms with Gasteiger partial charge in [-0.15, -0.1) is 0 Å². The van der Waals surface area contributed by atoms with Crippen LogP contribution in [0.3, 0.4) is 0 Å². The Hall–Kier alpha value is -1.78. The van der Waals surface area contributed by atoms with Crippen LogP contribution in [0.4, 0.5) is 10.1 Å². The van der Waals surface area contributed by atoms with Crippen molar-refractivity contribution in [3.05, 3.63) is 58.3 Å². The average Bonchev–Trinajstić information content (AvgIpc) is 2.44. The van der Waals surface area contributed by atoms with Crippen LogP contribution in [0.15, 0.2) is 42.5 Å². The fourth-order valence-electron chi connectivity index (χ4n) is 1.61. The number of hydrogen-bond donors (Lipinski definition) is 1. The van der Waals surface area contributed by atoms with E-state index >= 15 is 0 Å². The monoisotopic (exact) mass is 327 g/mol. The second-order valence-corrected chi connectivity index (χ2v) is 5.15. The molecule has 0 saturated carbocycles. The maximum atomic E-state index is 13.5. The molecule has 0 aliphatic heterocycles. The first-order chi connectivity index (χ1) is 9.97. The molecule has 0 aromatic heterocycles. The van der Waals surface area contributed by atoms with Gasteiger partial charge in [0.05, 0.1) is 10.7 Å². The fraction of sp³-hybridized carbons (Fsp3) is 0.133. The lowest BCUT2D eigenvalue weighted by molar-refractivity contribution is -0.122. The number of ether oxygens (including phenoxy) is 1. The maximum absolute atomic E-state index is 13.5. The first-order valence-electron chi connectivity index (χ1n) is 6.14. The van der Waals surface area contributed by atoms with E-state index in [4.69, 9.17) is 27.9 Å². The minimum absolute atomic E-state index is 0.0974. The number of anilines is 1. The second kappa shape index (κ2) is 6.78. The van der Waals surface area contributed by atoms with Crippen molar-refractivity contribution >= 4 is 34.8 Å². The summed E-state index contributed by atoms with van der Waals surface area (Å²) in [5.74, 6) is -0.661. The number of amides is 1. The Kier molecular flexibility index (Phi) is 5.04. The molecule has 0 radical (unpaired) electrons. The Morgan fingerprint density at radius 3 is 2.62 bits per heavy atom. The van der Waals surface area contributed by atoms with E-state index in [9.17, 15) is 9.18 Å². The maximum Gasteiger partial charge on any atom is 0.265 e. The highest BCUT2D eigenvalue weighted by Gasteiger charge is 2.17. The highest BCUT2D eigenvalue weighted by Crippen LogP contribution is 2.28. The molecule has 0 spiro atoms. The van der Waals surface area contributed by atoms with E-state index in [0.29, 0.717) is 15.8 Å². The van der Waals surface area contributed by atoms with Gasteiger partial charge in [-0.05, 0) is 37.3 Å². The summed E-state index contributed by atoms with van der Waals surface area (Å²) in [5.41, 5.74) is 0.0974. The van der Waals surface area contributed by atoms with Crippen molar-refractivity contribution in [2.45, 2.75) is 13.0 Å². The summed E-state index contributed by atoms with van der Waals surface area (Å²) in [6.45, 7) is 1.54. The van der Waals surface area contributed by atoms with Crippen molar-refractivity contribution in [1.29, 1.82) is 0 Å². The van der Waals surface area contributed by atoms with Crippen LogP contribution < -0.4 is 10.1 Å². The van der Waals surface area contributed by atoms with Crippen molar-refractivity contribution in [1.82, 2.24) is 0 Å². The summed E-state index contributed by atoms with van der Waals surface area (Å²) in [7, 11) is 0. The summed E-state index contributed by atoms with van der Waals surface area (Å²) in [5, 5.41) is 3.22. The first kappa shape index (κ1) is 15.6. The van der Waals surface area contributed by atoms with E-state index < -0.39 is 17.8 Å². The van der Waals surface area contributed by atoms with Crippen LogP contribution in [0.25, 0.3) is 0 Å². The van der Waals surface area contributed by atoms with Crippen molar-refractivity contribution < 1.29 is 13.9 Å². The molecule has 2 rings (SSSR count). The van der Waals surface area contributed by atoms with Crippen LogP contribution in [0, 0.1) is 5.82 Å². The van der Waals surface area contributed by atoms with Crippen molar-refractivity contribution in [3.63, 3.8) is 0 Å². The summed E-state index contributed by atoms with van der Waals surface area (Å²) < 4.78 is 18.9. The van der Waals surface area contributed by atoms with E-state index in [1.54, 1.807) is 31.2 Å². The van der Waals surface area contributed by atoms with E-state index in [1.807, 2.05) is 0 Å². The van der Waals surface area contributed by atoms with Gasteiger partial charge in [-0.3, -0.25) is 4.79 Å². The smallest absolute Gasteiger partial charge is 0.265 e. The highest BCUT2D eigenvalue weighted by atomic mass is 35.5. The summed E-state index contributed by atoms with van der Waals surface area (Å²) in [6, 6.07) is 10.6. The van der Waals surface area contributed by atoms with Gasteiger partial charge in [-0.25, -0.2) is 4.39 Å². The average molecular weight is 328 g/mol. The number of nitrogens with one attached hydrogen (secondary N) is 1. The Bertz CT molecular complexity index is 664. The minimum Gasteiger partial charge on any atom is -0.479 e. The number of hydrogen-bond acceptors (Lipinski definition) is 2. The van der Waals surface area contributed by atoms with Crippen LogP contribution in [0.2, 0.25) is 10.0 Å². The molecule has 3 nitrogen and oxygen atoms in total.